The van der Waals surface area contributed by atoms with E-state index in [1.807, 2.05) is 40.8 Å². The molecule has 14 rings (SSSR count). The molecule has 3 aromatic carbocycles. The Hall–Kier alpha value is -10.4. The molecule has 121 heavy (non-hydrogen) atoms. The lowest BCUT2D eigenvalue weighted by molar-refractivity contribution is -0.248. The maximum absolute atomic E-state index is 14.5. The number of aryl methyl sites for hydroxylation is 1. The van der Waals surface area contributed by atoms with Crippen LogP contribution in [-0.4, -0.2) is 265 Å². The molecule has 0 spiro atoms. The van der Waals surface area contributed by atoms with Crippen LogP contribution in [0.4, 0.5) is 21.4 Å². The van der Waals surface area contributed by atoms with Gasteiger partial charge in [0, 0.05) is 92.0 Å². The first-order chi connectivity index (χ1) is 57.4. The van der Waals surface area contributed by atoms with E-state index in [0.717, 1.165) is 81.1 Å². The number of anilines is 3. The van der Waals surface area contributed by atoms with Gasteiger partial charge in [0.2, 0.25) is 23.6 Å². The Balaban J connectivity index is 0.658. The second-order valence-corrected chi connectivity index (χ2v) is 36.5. The molecule has 7 heterocycles. The minimum Gasteiger partial charge on any atom is -0.496 e. The molecular weight excluding hydrogens is 1610 g/mol. The molecule has 3 aromatic heterocycles. The molecule has 11 atom stereocenters. The van der Waals surface area contributed by atoms with E-state index in [1.54, 1.807) is 57.5 Å². The lowest BCUT2D eigenvalue weighted by Gasteiger charge is -2.69. The van der Waals surface area contributed by atoms with Crippen molar-refractivity contribution in [2.75, 3.05) is 88.1 Å². The van der Waals surface area contributed by atoms with Crippen LogP contribution in [0.15, 0.2) is 85.1 Å². The van der Waals surface area contributed by atoms with Gasteiger partial charge in [0.05, 0.1) is 80.0 Å². The molecule has 6 fully saturated rings. The summed E-state index contributed by atoms with van der Waals surface area (Å²) in [6.45, 7) is 10.9. The molecule has 2 saturated heterocycles. The van der Waals surface area contributed by atoms with Gasteiger partial charge in [-0.25, -0.2) is 24.4 Å². The van der Waals surface area contributed by atoms with Gasteiger partial charge in [-0.3, -0.25) is 53.0 Å². The number of carboxylic acid groups (broad SMARTS) is 2. The maximum Gasteiger partial charge on any atom is 0.410 e. The van der Waals surface area contributed by atoms with Crippen molar-refractivity contribution in [2.24, 2.45) is 22.2 Å². The zero-order valence-corrected chi connectivity index (χ0v) is 70.0. The highest BCUT2D eigenvalue weighted by Crippen LogP contribution is 2.72. The summed E-state index contributed by atoms with van der Waals surface area (Å²) in [5, 5.41) is 69.4. The number of benzene rings is 3. The van der Waals surface area contributed by atoms with Crippen molar-refractivity contribution in [1.29, 1.82) is 0 Å². The van der Waals surface area contributed by atoms with Gasteiger partial charge in [-0.15, -0.1) is 0 Å². The third kappa shape index (κ3) is 19.6. The molecule has 10 N–H and O–H groups in total. The number of aliphatic carboxylic acids is 1. The summed E-state index contributed by atoms with van der Waals surface area (Å²) in [5.74, 6) is -8.24. The Morgan fingerprint density at radius 2 is 1.52 bits per heavy atom. The smallest absolute Gasteiger partial charge is 0.410 e. The van der Waals surface area contributed by atoms with Crippen LogP contribution >= 0.6 is 11.3 Å². The standard InChI is InChI=1S/C83H102N12O24S2/c1-45(2)66(89-63(96)35-93-51(37-116-29-30-121(111,112)113)32-58(75(93)105)95-64(97)21-22-65(95)98)74(104)85-46(3)72(102)86-50-15-13-49(48(31-50)14-18-60-68(99)69(100)70(101)71(119-60)77(108)109)36-117-79(110)91(25-27-114-7)26-28-118-83-41-80(5)38-81(6,42-83)40-82(39-80,43-83)44-94-47(4)55(33-84-94)53-17-20-62(88-67(53)76(106)107)92-24-23-52-56(34-92)54(16-19-59(52)115-8)73(103)90-78-87-57-11-9-10-12-61(57)120-78/h9-13,15-17,19-22,31,33,45-46,51,58,60,66,68-71,99-101H,14,18,23-30,32,34-44H2,1-8H3,(H,85,104)(H,86,102)(H,89,96)(H,106,107)(H,108,109)(H,87,90,103)(H,111,112,113)/t46-,51-,58-,60-,66-,68-,69+,70-,71-,80?,81?,82?,83?/m0/s1. The minimum atomic E-state index is -4.43. The Morgan fingerprint density at radius 3 is 2.21 bits per heavy atom. The molecule has 4 aliphatic carbocycles. The van der Waals surface area contributed by atoms with Gasteiger partial charge < -0.3 is 84.6 Å². The summed E-state index contributed by atoms with van der Waals surface area (Å²) in [5.41, 5.74) is 4.27. The number of hydrogen-bond acceptors (Lipinski definition) is 26. The summed E-state index contributed by atoms with van der Waals surface area (Å²) in [6.07, 6.45) is -0.803. The van der Waals surface area contributed by atoms with Crippen LogP contribution in [0.3, 0.4) is 0 Å². The second kappa shape index (κ2) is 35.9. The first-order valence-corrected chi connectivity index (χ1v) is 42.6. The summed E-state index contributed by atoms with van der Waals surface area (Å²) in [6, 6.07) is 14.4. The molecular formula is C83H102N12O24S2. The van der Waals surface area contributed by atoms with Gasteiger partial charge in [0.25, 0.3) is 27.8 Å². The number of aromatic nitrogens is 4. The second-order valence-electron chi connectivity index (χ2n) is 33.9. The molecule has 6 aromatic rings. The monoisotopic (exact) mass is 1710 g/mol. The van der Waals surface area contributed by atoms with E-state index in [9.17, 15) is 86.4 Å². The van der Waals surface area contributed by atoms with Gasteiger partial charge >= 0.3 is 18.0 Å². The van der Waals surface area contributed by atoms with Crippen molar-refractivity contribution in [1.82, 2.24) is 45.1 Å². The summed E-state index contributed by atoms with van der Waals surface area (Å²) < 4.78 is 70.3. The van der Waals surface area contributed by atoms with Crippen LogP contribution < -0.4 is 30.9 Å². The van der Waals surface area contributed by atoms with Crippen molar-refractivity contribution in [2.45, 2.75) is 186 Å². The van der Waals surface area contributed by atoms with E-state index in [-0.39, 0.29) is 98.9 Å². The number of carbonyl (C=O) groups excluding carboxylic acids is 8. The Bertz CT molecular complexity index is 5100. The molecule has 38 heteroatoms. The van der Waals surface area contributed by atoms with E-state index in [0.29, 0.717) is 70.4 Å². The van der Waals surface area contributed by atoms with Crippen molar-refractivity contribution in [3.8, 4) is 16.9 Å². The predicted molar refractivity (Wildman–Crippen MR) is 435 cm³/mol. The minimum absolute atomic E-state index is 0.0551. The van der Waals surface area contributed by atoms with Crippen LogP contribution in [0.2, 0.25) is 0 Å². The molecule has 650 valence electrons. The molecule has 0 radical (unpaired) electrons. The van der Waals surface area contributed by atoms with Crippen molar-refractivity contribution in [3.63, 3.8) is 0 Å². The maximum atomic E-state index is 14.5. The normalized spacial score (nSPS) is 25.4. The number of rotatable bonds is 35. The number of carboxylic acids is 2. The molecule has 8 aliphatic rings. The Morgan fingerprint density at radius 1 is 0.793 bits per heavy atom. The highest BCUT2D eigenvalue weighted by atomic mass is 32.2. The van der Waals surface area contributed by atoms with Crippen LogP contribution in [-0.2, 0) is 99.9 Å². The number of aliphatic hydroxyl groups excluding tert-OH is 3. The fourth-order valence-corrected chi connectivity index (χ4v) is 20.8. The average molecular weight is 1720 g/mol. The number of imide groups is 1. The van der Waals surface area contributed by atoms with Gasteiger partial charge in [-0.05, 0) is 159 Å². The number of amides is 8. The molecule has 8 amide bonds. The van der Waals surface area contributed by atoms with Gasteiger partial charge in [-0.2, -0.15) is 13.5 Å². The van der Waals surface area contributed by atoms with Gasteiger partial charge in [0.1, 0.15) is 54.6 Å². The number of thiazole rings is 1. The van der Waals surface area contributed by atoms with E-state index >= 15 is 0 Å². The number of likely N-dealkylation sites (tertiary alicyclic amines) is 1. The third-order valence-corrected chi connectivity index (χ3v) is 25.8. The fraction of sp³-hybridized carbons (Fsp3) is 0.530. The molecule has 4 saturated carbocycles. The van der Waals surface area contributed by atoms with E-state index < -0.39 is 149 Å². The van der Waals surface area contributed by atoms with Crippen molar-refractivity contribution in [3.05, 3.63) is 124 Å². The average Bonchev–Trinajstić information content (AvgIpc) is 0.770. The number of pyridine rings is 1. The number of nitrogens with one attached hydrogen (secondary N) is 4. The number of ether oxygens (including phenoxy) is 6. The number of methoxy groups -OCH3 is 2. The number of carbonyl (C=O) groups is 10. The Labute approximate surface area is 701 Å². The van der Waals surface area contributed by atoms with Crippen molar-refractivity contribution < 1.29 is 115 Å². The Kier molecular flexibility index (Phi) is 26.3. The number of fused-ring (bicyclic) bond motifs is 2. The summed E-state index contributed by atoms with van der Waals surface area (Å²) in [4.78, 5) is 150. The largest absolute Gasteiger partial charge is 0.496 e. The number of aromatic carboxylic acids is 1. The van der Waals surface area contributed by atoms with Crippen LogP contribution in [0.1, 0.15) is 135 Å². The van der Waals surface area contributed by atoms with Gasteiger partial charge in [-0.1, -0.05) is 57.2 Å². The highest BCUT2D eigenvalue weighted by molar-refractivity contribution is 7.85. The first-order valence-electron chi connectivity index (χ1n) is 40.1. The molecule has 4 bridgehead atoms. The van der Waals surface area contributed by atoms with E-state index in [1.165, 1.54) is 42.4 Å². The lowest BCUT2D eigenvalue weighted by Crippen LogP contribution is -2.64. The highest BCUT2D eigenvalue weighted by Gasteiger charge is 2.66. The van der Waals surface area contributed by atoms with Gasteiger partial charge in [0.15, 0.2) is 16.9 Å². The third-order valence-electron chi connectivity index (χ3n) is 24.1. The summed E-state index contributed by atoms with van der Waals surface area (Å²) >= 11 is 1.37. The number of para-hydroxylation sites is 1. The van der Waals surface area contributed by atoms with E-state index in [4.69, 9.17) is 38.5 Å². The molecule has 36 nitrogen and oxygen atoms in total. The van der Waals surface area contributed by atoms with Crippen LogP contribution in [0.5, 0.6) is 5.75 Å². The summed E-state index contributed by atoms with van der Waals surface area (Å²) in [7, 11) is -1.35. The molecule has 2 unspecified atom stereocenters. The zero-order chi connectivity index (χ0) is 86.9. The fourth-order valence-electron chi connectivity index (χ4n) is 19.6. The number of hydrogen-bond donors (Lipinski definition) is 10. The zero-order valence-electron chi connectivity index (χ0n) is 68.3. The number of aliphatic hydroxyl groups is 3. The predicted octanol–water partition coefficient (Wildman–Crippen LogP) is 5.06. The number of nitrogens with zero attached hydrogens (tertiary/aromatic N) is 8. The first kappa shape index (κ1) is 88.4. The van der Waals surface area contributed by atoms with Crippen LogP contribution in [0.25, 0.3) is 21.3 Å². The van der Waals surface area contributed by atoms with Crippen LogP contribution in [0, 0.1) is 29.1 Å². The topological polar surface area (TPSA) is 486 Å². The lowest BCUT2D eigenvalue weighted by atomic mass is 9.39. The van der Waals surface area contributed by atoms with E-state index in [2.05, 4.69) is 40.1 Å². The van der Waals surface area contributed by atoms with Crippen molar-refractivity contribution >= 4 is 108 Å². The quantitative estimate of drug-likeness (QED) is 0.0141. The SMILES string of the molecule is COCCN(CCOC12CC3(C)CC(C)(CC(Cn4ncc(-c5ccc(N6CCc7c(OC)ccc(C(=O)Nc8nc9ccccc9s8)c7C6)nc5C(=O)O)c4C)(C3)C1)C2)C(=O)OCc1ccc(NC(=O)[C@H](C)NC(=O)[C@@H](NC(=O)CN2C(=O)[C@@H](N3C(=O)C=CC3=O)C[C@H]2COCCS(=O)(=O)O)C(C)C)cc1CC[C@@H]1O[C@H](C(=O)O)[C@@H](O)[C@H](O)[C@H]1O. The molecule has 4 aliphatic heterocycles.